The van der Waals surface area contributed by atoms with E-state index in [9.17, 15) is 5.11 Å². The third-order valence-corrected chi connectivity index (χ3v) is 9.90. The first kappa shape index (κ1) is 20.1. The summed E-state index contributed by atoms with van der Waals surface area (Å²) in [6.45, 7) is 12.2. The van der Waals surface area contributed by atoms with E-state index < -0.39 is 0 Å². The Morgan fingerprint density at radius 1 is 1.28 bits per heavy atom. The molecular formula is C27H40O2. The van der Waals surface area contributed by atoms with Crippen LogP contribution < -0.4 is 0 Å². The molecular weight excluding hydrogens is 356 g/mol. The number of hydrogen-bond acceptors (Lipinski definition) is 2. The lowest BCUT2D eigenvalue weighted by molar-refractivity contribution is -0.0451. The highest BCUT2D eigenvalue weighted by Gasteiger charge is 2.63. The highest BCUT2D eigenvalue weighted by Crippen LogP contribution is 2.67. The van der Waals surface area contributed by atoms with Gasteiger partial charge >= 0.3 is 0 Å². The SMILES string of the molecule is C=C(CCC=C1CCC2C3=CCC4C5OCC4(CCC5O)C3CCC12C)C(C)C. The maximum atomic E-state index is 10.4. The van der Waals surface area contributed by atoms with Crippen LogP contribution in [0.3, 0.4) is 0 Å². The van der Waals surface area contributed by atoms with E-state index in [-0.39, 0.29) is 12.2 Å². The van der Waals surface area contributed by atoms with E-state index in [1.54, 1.807) is 11.1 Å². The van der Waals surface area contributed by atoms with Crippen molar-refractivity contribution in [1.82, 2.24) is 0 Å². The molecule has 2 nitrogen and oxygen atoms in total. The molecule has 0 aromatic rings. The Morgan fingerprint density at radius 3 is 2.90 bits per heavy atom. The second-order valence-electron chi connectivity index (χ2n) is 11.3. The molecule has 5 rings (SSSR count). The standard InChI is InChI=1S/C27H40O2/c1-17(2)18(3)6-5-7-19-8-10-21-20-9-11-23-25-24(28)13-15-27(23,16-29-25)22(20)12-14-26(19,21)4/h7,9,17,21-25,28H,3,5-6,8,10-16H2,1-2,4H3. The van der Waals surface area contributed by atoms with Gasteiger partial charge in [-0.1, -0.05) is 56.2 Å². The molecule has 2 heteroatoms. The summed E-state index contributed by atoms with van der Waals surface area (Å²) < 4.78 is 6.23. The fraction of sp³-hybridized carbons (Fsp3) is 0.778. The van der Waals surface area contributed by atoms with Crippen LogP contribution in [0.15, 0.2) is 35.5 Å². The molecule has 0 aromatic heterocycles. The lowest BCUT2D eigenvalue weighted by Crippen LogP contribution is -2.52. The van der Waals surface area contributed by atoms with Gasteiger partial charge in [0, 0.05) is 5.41 Å². The van der Waals surface area contributed by atoms with E-state index in [1.165, 1.54) is 37.7 Å². The van der Waals surface area contributed by atoms with Crippen molar-refractivity contribution in [3.8, 4) is 0 Å². The van der Waals surface area contributed by atoms with Gasteiger partial charge in [-0.3, -0.25) is 0 Å². The lowest BCUT2D eigenvalue weighted by Gasteiger charge is -2.55. The fourth-order valence-corrected chi connectivity index (χ4v) is 7.99. The maximum Gasteiger partial charge on any atom is 0.0871 e. The van der Waals surface area contributed by atoms with Crippen LogP contribution in [0.1, 0.15) is 78.6 Å². The summed E-state index contributed by atoms with van der Waals surface area (Å²) in [5, 5.41) is 10.4. The number of hydrogen-bond donors (Lipinski definition) is 1. The summed E-state index contributed by atoms with van der Waals surface area (Å²) in [6.07, 6.45) is 15.9. The Morgan fingerprint density at radius 2 is 2.10 bits per heavy atom. The first-order valence-electron chi connectivity index (χ1n) is 12.2. The van der Waals surface area contributed by atoms with Gasteiger partial charge in [0.2, 0.25) is 0 Å². The molecule has 7 atom stereocenters. The molecule has 4 fully saturated rings. The summed E-state index contributed by atoms with van der Waals surface area (Å²) in [4.78, 5) is 0. The number of fused-ring (bicyclic) bond motifs is 3. The first-order chi connectivity index (χ1) is 13.9. The second-order valence-corrected chi connectivity index (χ2v) is 11.3. The van der Waals surface area contributed by atoms with Crippen molar-refractivity contribution in [3.05, 3.63) is 35.5 Å². The van der Waals surface area contributed by atoms with Crippen LogP contribution >= 0.6 is 0 Å². The van der Waals surface area contributed by atoms with Crippen molar-refractivity contribution in [2.24, 2.45) is 34.5 Å². The Kier molecular flexibility index (Phi) is 4.91. The van der Waals surface area contributed by atoms with Crippen molar-refractivity contribution in [2.75, 3.05) is 6.61 Å². The highest BCUT2D eigenvalue weighted by molar-refractivity contribution is 5.35. The van der Waals surface area contributed by atoms with E-state index in [1.807, 2.05) is 0 Å². The third kappa shape index (κ3) is 2.88. The first-order valence-corrected chi connectivity index (χ1v) is 12.2. The number of aliphatic hydroxyl groups excluding tert-OH is 1. The molecule has 1 N–H and O–H groups in total. The van der Waals surface area contributed by atoms with Crippen LogP contribution in [-0.4, -0.2) is 23.9 Å². The molecule has 0 spiro atoms. The van der Waals surface area contributed by atoms with Gasteiger partial charge < -0.3 is 9.84 Å². The zero-order chi connectivity index (χ0) is 20.4. The molecule has 0 amide bonds. The molecule has 0 radical (unpaired) electrons. The van der Waals surface area contributed by atoms with E-state index in [0.29, 0.717) is 28.6 Å². The molecule has 1 saturated heterocycles. The Hall–Kier alpha value is -0.860. The lowest BCUT2D eigenvalue weighted by atomic mass is 9.48. The molecule has 160 valence electrons. The van der Waals surface area contributed by atoms with Gasteiger partial charge in [0.05, 0.1) is 18.8 Å². The summed E-state index contributed by atoms with van der Waals surface area (Å²) in [5.41, 5.74) is 5.61. The number of rotatable bonds is 4. The predicted octanol–water partition coefficient (Wildman–Crippen LogP) is 6.22. The predicted molar refractivity (Wildman–Crippen MR) is 118 cm³/mol. The topological polar surface area (TPSA) is 29.5 Å². The van der Waals surface area contributed by atoms with Crippen molar-refractivity contribution in [3.63, 3.8) is 0 Å². The molecule has 4 aliphatic carbocycles. The summed E-state index contributed by atoms with van der Waals surface area (Å²) in [6, 6.07) is 0. The van der Waals surface area contributed by atoms with E-state index in [2.05, 4.69) is 39.5 Å². The van der Waals surface area contributed by atoms with Gasteiger partial charge in [-0.25, -0.2) is 0 Å². The van der Waals surface area contributed by atoms with Gasteiger partial charge in [0.1, 0.15) is 0 Å². The van der Waals surface area contributed by atoms with E-state index in [0.717, 1.165) is 38.2 Å². The smallest absolute Gasteiger partial charge is 0.0871 e. The third-order valence-electron chi connectivity index (χ3n) is 9.90. The largest absolute Gasteiger partial charge is 0.390 e. The van der Waals surface area contributed by atoms with Crippen LogP contribution in [-0.2, 0) is 4.74 Å². The van der Waals surface area contributed by atoms with Gasteiger partial charge in [0.15, 0.2) is 0 Å². The molecule has 5 aliphatic rings. The zero-order valence-electron chi connectivity index (χ0n) is 18.8. The van der Waals surface area contributed by atoms with E-state index >= 15 is 0 Å². The average molecular weight is 397 g/mol. The monoisotopic (exact) mass is 396 g/mol. The summed E-state index contributed by atoms with van der Waals surface area (Å²) >= 11 is 0. The molecule has 1 heterocycles. The van der Waals surface area contributed by atoms with Crippen LogP contribution in [0.4, 0.5) is 0 Å². The molecule has 3 saturated carbocycles. The fourth-order valence-electron chi connectivity index (χ4n) is 7.99. The summed E-state index contributed by atoms with van der Waals surface area (Å²) in [5.74, 6) is 2.60. The van der Waals surface area contributed by atoms with Gasteiger partial charge in [-0.05, 0) is 86.9 Å². The zero-order valence-corrected chi connectivity index (χ0v) is 18.8. The minimum Gasteiger partial charge on any atom is -0.390 e. The number of ether oxygens (including phenoxy) is 1. The Bertz CT molecular complexity index is 746. The molecule has 29 heavy (non-hydrogen) atoms. The van der Waals surface area contributed by atoms with E-state index in [4.69, 9.17) is 4.74 Å². The van der Waals surface area contributed by atoms with Crippen LogP contribution in [0.2, 0.25) is 0 Å². The van der Waals surface area contributed by atoms with Gasteiger partial charge in [-0.2, -0.15) is 0 Å². The van der Waals surface area contributed by atoms with Gasteiger partial charge in [-0.15, -0.1) is 0 Å². The normalized spacial score (nSPS) is 47.0. The molecule has 1 aliphatic heterocycles. The van der Waals surface area contributed by atoms with Crippen LogP contribution in [0.5, 0.6) is 0 Å². The highest BCUT2D eigenvalue weighted by atomic mass is 16.5. The quantitative estimate of drug-likeness (QED) is 0.572. The van der Waals surface area contributed by atoms with Crippen molar-refractivity contribution >= 4 is 0 Å². The Labute approximate surface area is 177 Å². The number of aliphatic hydroxyl groups is 1. The van der Waals surface area contributed by atoms with Crippen molar-refractivity contribution in [2.45, 2.75) is 90.8 Å². The molecule has 7 unspecified atom stereocenters. The minimum absolute atomic E-state index is 0.1000. The average Bonchev–Trinajstić information content (AvgIpc) is 3.19. The summed E-state index contributed by atoms with van der Waals surface area (Å²) in [7, 11) is 0. The Balaban J connectivity index is 1.37. The molecule has 2 bridgehead atoms. The van der Waals surface area contributed by atoms with Crippen LogP contribution in [0, 0.1) is 34.5 Å². The maximum absolute atomic E-state index is 10.4. The van der Waals surface area contributed by atoms with Gasteiger partial charge in [0.25, 0.3) is 0 Å². The number of allylic oxidation sites excluding steroid dienone is 5. The van der Waals surface area contributed by atoms with Crippen molar-refractivity contribution < 1.29 is 9.84 Å². The second kappa shape index (κ2) is 7.09. The minimum atomic E-state index is -0.235. The van der Waals surface area contributed by atoms with Crippen molar-refractivity contribution in [1.29, 1.82) is 0 Å². The van der Waals surface area contributed by atoms with Crippen LogP contribution in [0.25, 0.3) is 0 Å². The molecule has 0 aromatic carbocycles.